The summed E-state index contributed by atoms with van der Waals surface area (Å²) in [5, 5.41) is 6.19. The van der Waals surface area contributed by atoms with Crippen molar-refractivity contribution < 1.29 is 17.4 Å². The average Bonchev–Trinajstić information content (AvgIpc) is 2.99. The summed E-state index contributed by atoms with van der Waals surface area (Å²) in [4.78, 5) is 6.23. The maximum absolute atomic E-state index is 12.4. The van der Waals surface area contributed by atoms with E-state index in [1.807, 2.05) is 30.3 Å². The van der Waals surface area contributed by atoms with Gasteiger partial charge >= 0.3 is 6.18 Å². The Morgan fingerprint density at radius 2 is 2.08 bits per heavy atom. The van der Waals surface area contributed by atoms with Crippen molar-refractivity contribution in [3.8, 4) is 0 Å². The van der Waals surface area contributed by atoms with Crippen LogP contribution in [0.2, 0.25) is 0 Å². The number of benzene rings is 1. The second-order valence-corrected chi connectivity index (χ2v) is 7.41. The number of halogens is 3. The van der Waals surface area contributed by atoms with Crippen LogP contribution < -0.4 is 10.6 Å². The molecule has 1 aromatic carbocycles. The fourth-order valence-corrected chi connectivity index (χ4v) is 3.67. The minimum absolute atomic E-state index is 0.0758. The van der Waals surface area contributed by atoms with E-state index >= 15 is 0 Å². The number of nitrogens with zero attached hydrogens (tertiary/aromatic N) is 2. The van der Waals surface area contributed by atoms with E-state index < -0.39 is 23.5 Å². The lowest BCUT2D eigenvalue weighted by Crippen LogP contribution is -2.46. The molecular formula is C16H23F3N4OS. The molecule has 25 heavy (non-hydrogen) atoms. The number of hydrogen-bond acceptors (Lipinski definition) is 3. The molecule has 0 amide bonds. The maximum atomic E-state index is 12.4. The molecule has 1 aliphatic heterocycles. The van der Waals surface area contributed by atoms with Crippen LogP contribution in [-0.4, -0.2) is 66.3 Å². The summed E-state index contributed by atoms with van der Waals surface area (Å²) in [7, 11) is 0.502. The molecule has 0 bridgehead atoms. The van der Waals surface area contributed by atoms with Crippen molar-refractivity contribution in [1.29, 1.82) is 0 Å². The average molecular weight is 376 g/mol. The normalized spacial score (nSPS) is 20.5. The summed E-state index contributed by atoms with van der Waals surface area (Å²) in [5.74, 6) is 0.944. The number of nitrogens with one attached hydrogen (secondary N) is 2. The van der Waals surface area contributed by atoms with Crippen molar-refractivity contribution in [1.82, 2.24) is 15.5 Å². The molecule has 0 radical (unpaired) electrons. The van der Waals surface area contributed by atoms with Crippen LogP contribution in [0.15, 0.2) is 40.2 Å². The first-order chi connectivity index (χ1) is 11.9. The molecule has 1 heterocycles. The van der Waals surface area contributed by atoms with Crippen molar-refractivity contribution >= 4 is 16.8 Å². The molecule has 0 saturated carbocycles. The van der Waals surface area contributed by atoms with E-state index in [1.165, 1.54) is 4.90 Å². The topological polar surface area (TPSA) is 56.7 Å². The Labute approximate surface area is 148 Å². The maximum Gasteiger partial charge on any atom is 0.401 e. The molecule has 0 aliphatic carbocycles. The zero-order chi connectivity index (χ0) is 18.3. The Hall–Kier alpha value is -1.61. The summed E-state index contributed by atoms with van der Waals surface area (Å²) in [6, 6.07) is 9.11. The molecule has 5 nitrogen and oxygen atoms in total. The Morgan fingerprint density at radius 1 is 1.36 bits per heavy atom. The lowest BCUT2D eigenvalue weighted by Gasteiger charge is -2.19. The summed E-state index contributed by atoms with van der Waals surface area (Å²) >= 11 is 0. The molecule has 2 N–H and O–H groups in total. The summed E-state index contributed by atoms with van der Waals surface area (Å²) in [6.45, 7) is 0.315. The molecule has 140 valence electrons. The van der Waals surface area contributed by atoms with Crippen molar-refractivity contribution in [2.24, 2.45) is 4.99 Å². The van der Waals surface area contributed by atoms with Gasteiger partial charge in [0.25, 0.3) is 0 Å². The number of alkyl halides is 3. The highest BCUT2D eigenvalue weighted by Gasteiger charge is 2.34. The van der Waals surface area contributed by atoms with Crippen LogP contribution in [0.4, 0.5) is 13.2 Å². The van der Waals surface area contributed by atoms with Gasteiger partial charge in [-0.05, 0) is 18.6 Å². The van der Waals surface area contributed by atoms with Crippen molar-refractivity contribution in [2.75, 3.05) is 39.0 Å². The van der Waals surface area contributed by atoms with Gasteiger partial charge < -0.3 is 10.6 Å². The second kappa shape index (κ2) is 9.19. The zero-order valence-electron chi connectivity index (χ0n) is 14.1. The van der Waals surface area contributed by atoms with Crippen molar-refractivity contribution in [3.05, 3.63) is 30.3 Å². The van der Waals surface area contributed by atoms with E-state index in [4.69, 9.17) is 0 Å². The van der Waals surface area contributed by atoms with E-state index in [0.29, 0.717) is 37.8 Å². The monoisotopic (exact) mass is 376 g/mol. The van der Waals surface area contributed by atoms with Gasteiger partial charge in [0, 0.05) is 43.4 Å². The molecule has 0 aromatic heterocycles. The van der Waals surface area contributed by atoms with Gasteiger partial charge in [0.1, 0.15) is 0 Å². The number of aliphatic imine (C=N–C) groups is 1. The van der Waals surface area contributed by atoms with Gasteiger partial charge in [-0.25, -0.2) is 0 Å². The molecule has 1 fully saturated rings. The van der Waals surface area contributed by atoms with Gasteiger partial charge in [-0.3, -0.25) is 14.1 Å². The zero-order valence-corrected chi connectivity index (χ0v) is 14.9. The van der Waals surface area contributed by atoms with Crippen LogP contribution in [0, 0.1) is 0 Å². The largest absolute Gasteiger partial charge is 0.401 e. The summed E-state index contributed by atoms with van der Waals surface area (Å²) < 4.78 is 49.4. The minimum atomic E-state index is -4.17. The second-order valence-electron chi connectivity index (χ2n) is 5.84. The third-order valence-electron chi connectivity index (χ3n) is 3.83. The highest BCUT2D eigenvalue weighted by molar-refractivity contribution is 7.85. The van der Waals surface area contributed by atoms with E-state index in [1.54, 1.807) is 7.05 Å². The smallest absolute Gasteiger partial charge is 0.355 e. The van der Waals surface area contributed by atoms with Crippen LogP contribution in [-0.2, 0) is 10.8 Å². The van der Waals surface area contributed by atoms with E-state index in [9.17, 15) is 17.4 Å². The predicted octanol–water partition coefficient (Wildman–Crippen LogP) is 1.60. The Balaban J connectivity index is 1.72. The molecule has 1 saturated heterocycles. The van der Waals surface area contributed by atoms with Crippen molar-refractivity contribution in [3.63, 3.8) is 0 Å². The molecule has 2 rings (SSSR count). The highest BCUT2D eigenvalue weighted by Crippen LogP contribution is 2.19. The number of hydrogen-bond donors (Lipinski definition) is 2. The molecule has 1 aromatic rings. The quantitative estimate of drug-likeness (QED) is 0.585. The van der Waals surface area contributed by atoms with Gasteiger partial charge in [0.05, 0.1) is 17.3 Å². The third-order valence-corrected chi connectivity index (χ3v) is 5.20. The minimum Gasteiger partial charge on any atom is -0.355 e. The Kier molecular flexibility index (Phi) is 7.24. The number of likely N-dealkylation sites (tertiary alicyclic amines) is 1. The van der Waals surface area contributed by atoms with Crippen LogP contribution in [0.3, 0.4) is 0 Å². The molecule has 2 atom stereocenters. The van der Waals surface area contributed by atoms with Gasteiger partial charge in [-0.1, -0.05) is 18.2 Å². The van der Waals surface area contributed by atoms with E-state index in [0.717, 1.165) is 4.90 Å². The summed E-state index contributed by atoms with van der Waals surface area (Å²) in [6.07, 6.45) is -3.54. The van der Waals surface area contributed by atoms with Crippen LogP contribution >= 0.6 is 0 Å². The Bertz CT molecular complexity index is 595. The van der Waals surface area contributed by atoms with Crippen LogP contribution in [0.25, 0.3) is 0 Å². The Morgan fingerprint density at radius 3 is 2.72 bits per heavy atom. The number of rotatable bonds is 6. The van der Waals surface area contributed by atoms with E-state index in [-0.39, 0.29) is 6.04 Å². The highest BCUT2D eigenvalue weighted by atomic mass is 32.2. The first-order valence-electron chi connectivity index (χ1n) is 8.07. The summed E-state index contributed by atoms with van der Waals surface area (Å²) in [5.41, 5.74) is 0. The molecule has 2 unspecified atom stereocenters. The van der Waals surface area contributed by atoms with Gasteiger partial charge in [0.15, 0.2) is 5.96 Å². The van der Waals surface area contributed by atoms with E-state index in [2.05, 4.69) is 15.6 Å². The van der Waals surface area contributed by atoms with Gasteiger partial charge in [0.2, 0.25) is 0 Å². The predicted molar refractivity (Wildman–Crippen MR) is 93.1 cm³/mol. The molecular weight excluding hydrogens is 353 g/mol. The molecule has 1 aliphatic rings. The number of guanidine groups is 1. The lowest BCUT2D eigenvalue weighted by atomic mass is 10.3. The fourth-order valence-electron chi connectivity index (χ4n) is 2.69. The standard InChI is InChI=1S/C16H23F3N4OS/c1-20-15(21-8-10-25(24)14-5-3-2-4-6-14)22-13-7-9-23(11-13)12-16(17,18)19/h2-6,13H,7-12H2,1H3,(H2,20,21,22). The van der Waals surface area contributed by atoms with Crippen LogP contribution in [0.1, 0.15) is 6.42 Å². The first kappa shape index (κ1) is 19.7. The lowest BCUT2D eigenvalue weighted by molar-refractivity contribution is -0.143. The first-order valence-corrected chi connectivity index (χ1v) is 9.39. The van der Waals surface area contributed by atoms with Gasteiger partial charge in [-0.15, -0.1) is 0 Å². The third kappa shape index (κ3) is 7.03. The van der Waals surface area contributed by atoms with Crippen molar-refractivity contribution in [2.45, 2.75) is 23.5 Å². The molecule has 0 spiro atoms. The molecule has 9 heteroatoms. The van der Waals surface area contributed by atoms with Crippen LogP contribution in [0.5, 0.6) is 0 Å². The fraction of sp³-hybridized carbons (Fsp3) is 0.562. The van der Waals surface area contributed by atoms with Gasteiger partial charge in [-0.2, -0.15) is 13.2 Å². The SMILES string of the molecule is CN=C(NCCS(=O)c1ccccc1)NC1CCN(CC(F)(F)F)C1.